The Morgan fingerprint density at radius 2 is 1.80 bits per heavy atom. The van der Waals surface area contributed by atoms with Crippen LogP contribution in [0.3, 0.4) is 0 Å². The van der Waals surface area contributed by atoms with E-state index in [2.05, 4.69) is 15.6 Å². The molecule has 2 amide bonds. The lowest BCUT2D eigenvalue weighted by Crippen LogP contribution is -2.40. The number of para-hydroxylation sites is 1. The van der Waals surface area contributed by atoms with E-state index in [1.165, 1.54) is 34.9 Å². The molecule has 1 unspecified atom stereocenters. The molecule has 12 nitrogen and oxygen atoms in total. The average Bonchev–Trinajstić information content (AvgIpc) is 3.13. The van der Waals surface area contributed by atoms with Gasteiger partial charge in [0.2, 0.25) is 9.58 Å². The molecule has 1 saturated heterocycles. The van der Waals surface area contributed by atoms with E-state index in [1.807, 2.05) is 30.3 Å². The van der Waals surface area contributed by atoms with Crippen molar-refractivity contribution in [1.82, 2.24) is 9.55 Å². The van der Waals surface area contributed by atoms with Gasteiger partial charge in [0.05, 0.1) is 6.61 Å². The van der Waals surface area contributed by atoms with Gasteiger partial charge < -0.3 is 24.6 Å². The molecule has 14 heteroatoms. The predicted molar refractivity (Wildman–Crippen MR) is 151 cm³/mol. The van der Waals surface area contributed by atoms with E-state index in [4.69, 9.17) is 14.2 Å². The van der Waals surface area contributed by atoms with Crippen LogP contribution in [0, 0.1) is 0 Å². The first-order valence-electron chi connectivity index (χ1n) is 12.9. The summed E-state index contributed by atoms with van der Waals surface area (Å²) in [6, 6.07) is 10.4. The summed E-state index contributed by atoms with van der Waals surface area (Å²) in [5.41, 5.74) is -0.184. The number of amides is 2. The molecule has 218 valence electrons. The van der Waals surface area contributed by atoms with Crippen molar-refractivity contribution in [2.45, 2.75) is 67.6 Å². The molecule has 4 atom stereocenters. The molecule has 3 rings (SSSR count). The molecule has 1 fully saturated rings. The number of hydrogen-bond acceptors (Lipinski definition) is 9. The highest BCUT2D eigenvalue weighted by Crippen LogP contribution is 2.46. The maximum Gasteiger partial charge on any atom is 0.412 e. The number of benzene rings is 1. The second kappa shape index (κ2) is 15.0. The normalized spacial score (nSPS) is 21.9. The molecule has 1 aromatic carbocycles. The number of aliphatic hydroxyl groups is 1. The van der Waals surface area contributed by atoms with Crippen molar-refractivity contribution in [2.24, 2.45) is 0 Å². The number of alkyl halides is 2. The fourth-order valence-corrected chi connectivity index (χ4v) is 4.79. The standard InChI is InChI=1S/C26H32FIN4O8/c1-2-38-25(37)31-19-14-15-32(24(36)30-19)23-26(27,28)22(35)18(40-23)16-39-21(34)13-9-4-3-8-12-20(33)29-17-10-6-5-7-11-17/h5-7,10-11,14-15,18,22-23,35H,2-4,8-9,12-13,16H2,1H3,(H,29,33)(H,30,31,36,37)/t18-,22-,23-,26?/m1/s1. The van der Waals surface area contributed by atoms with Crippen LogP contribution in [-0.2, 0) is 23.8 Å². The number of nitrogens with one attached hydrogen (secondary N) is 2. The fourth-order valence-electron chi connectivity index (χ4n) is 3.94. The number of aliphatic hydroxyl groups excluding tert-OH is 1. The zero-order chi connectivity index (χ0) is 29.1. The third kappa shape index (κ3) is 8.96. The Labute approximate surface area is 243 Å². The Morgan fingerprint density at radius 3 is 2.48 bits per heavy atom. The summed E-state index contributed by atoms with van der Waals surface area (Å²) in [5, 5.41) is 15.5. The number of unbranched alkanes of at least 4 members (excludes halogenated alkanes) is 3. The number of carbonyl (C=O) groups excluding carboxylic acids is 3. The maximum absolute atomic E-state index is 15.4. The molecule has 0 aliphatic carbocycles. The van der Waals surface area contributed by atoms with E-state index < -0.39 is 46.5 Å². The van der Waals surface area contributed by atoms with Gasteiger partial charge in [0.1, 0.15) is 24.6 Å². The van der Waals surface area contributed by atoms with Crippen LogP contribution in [0.15, 0.2) is 47.4 Å². The summed E-state index contributed by atoms with van der Waals surface area (Å²) in [6.07, 6.45) is -0.908. The van der Waals surface area contributed by atoms with E-state index in [0.29, 0.717) is 19.3 Å². The maximum atomic E-state index is 15.4. The molecule has 2 heterocycles. The summed E-state index contributed by atoms with van der Waals surface area (Å²) < 4.78 is 29.2. The number of ether oxygens (including phenoxy) is 3. The van der Waals surface area contributed by atoms with Crippen LogP contribution >= 0.6 is 22.6 Å². The monoisotopic (exact) mass is 674 g/mol. The van der Waals surface area contributed by atoms with Crippen LogP contribution in [0.2, 0.25) is 0 Å². The highest BCUT2D eigenvalue weighted by Gasteiger charge is 2.57. The largest absolute Gasteiger partial charge is 0.463 e. The number of halogens is 2. The van der Waals surface area contributed by atoms with Gasteiger partial charge >= 0.3 is 17.8 Å². The van der Waals surface area contributed by atoms with Gasteiger partial charge in [0.25, 0.3) is 0 Å². The third-order valence-electron chi connectivity index (χ3n) is 5.97. The minimum atomic E-state index is -2.43. The SMILES string of the molecule is CCOC(=O)Nc1ccn([C@@H]2O[C@H](COC(=O)CCCCCCC(=O)Nc3ccccc3)[C@@H](O)C2(F)I)c(=O)n1. The summed E-state index contributed by atoms with van der Waals surface area (Å²) in [6.45, 7) is 1.33. The topological polar surface area (TPSA) is 158 Å². The Bertz CT molecular complexity index is 1210. The van der Waals surface area contributed by atoms with Crippen molar-refractivity contribution in [3.63, 3.8) is 0 Å². The molecule has 40 heavy (non-hydrogen) atoms. The fraction of sp³-hybridized carbons (Fsp3) is 0.500. The Hall–Kier alpha value is -3.11. The van der Waals surface area contributed by atoms with Crippen LogP contribution in [0.25, 0.3) is 0 Å². The van der Waals surface area contributed by atoms with Gasteiger partial charge in [0.15, 0.2) is 6.23 Å². The molecule has 1 aliphatic rings. The molecule has 1 aromatic heterocycles. The van der Waals surface area contributed by atoms with Crippen molar-refractivity contribution >= 4 is 52.1 Å². The molecule has 2 aromatic rings. The first-order valence-corrected chi connectivity index (χ1v) is 13.9. The van der Waals surface area contributed by atoms with E-state index in [0.717, 1.165) is 23.1 Å². The summed E-state index contributed by atoms with van der Waals surface area (Å²) in [5.74, 6) is -0.704. The van der Waals surface area contributed by atoms with E-state index >= 15 is 4.39 Å². The first kappa shape index (κ1) is 31.4. The lowest BCUT2D eigenvalue weighted by molar-refractivity contribution is -0.150. The molecule has 3 N–H and O–H groups in total. The van der Waals surface area contributed by atoms with Crippen molar-refractivity contribution in [1.29, 1.82) is 0 Å². The van der Waals surface area contributed by atoms with Crippen LogP contribution in [-0.4, -0.2) is 61.7 Å². The first-order chi connectivity index (χ1) is 19.1. The van der Waals surface area contributed by atoms with Crippen molar-refractivity contribution in [2.75, 3.05) is 23.8 Å². The number of hydrogen-bond donors (Lipinski definition) is 3. The van der Waals surface area contributed by atoms with Crippen LogP contribution in [0.4, 0.5) is 20.7 Å². The second-order valence-corrected chi connectivity index (χ2v) is 10.7. The van der Waals surface area contributed by atoms with Crippen LogP contribution in [0.5, 0.6) is 0 Å². The number of aromatic nitrogens is 2. The minimum absolute atomic E-state index is 0.0689. The highest BCUT2D eigenvalue weighted by atomic mass is 127. The van der Waals surface area contributed by atoms with E-state index in [-0.39, 0.29) is 24.8 Å². The Kier molecular flexibility index (Phi) is 11.8. The zero-order valence-corrected chi connectivity index (χ0v) is 24.0. The smallest absolute Gasteiger partial charge is 0.412 e. The second-order valence-electron chi connectivity index (χ2n) is 9.01. The van der Waals surface area contributed by atoms with Gasteiger partial charge in [-0.15, -0.1) is 0 Å². The number of anilines is 2. The lowest BCUT2D eigenvalue weighted by Gasteiger charge is -2.23. The minimum Gasteiger partial charge on any atom is -0.463 e. The van der Waals surface area contributed by atoms with Gasteiger partial charge in [0, 0.05) is 24.7 Å². The molecule has 0 radical (unpaired) electrons. The zero-order valence-electron chi connectivity index (χ0n) is 21.9. The lowest BCUT2D eigenvalue weighted by atomic mass is 10.1. The van der Waals surface area contributed by atoms with E-state index in [1.54, 1.807) is 6.92 Å². The van der Waals surface area contributed by atoms with Gasteiger partial charge in [-0.25, -0.2) is 14.0 Å². The summed E-state index contributed by atoms with van der Waals surface area (Å²) in [7, 11) is 0. The number of esters is 1. The average molecular weight is 674 g/mol. The summed E-state index contributed by atoms with van der Waals surface area (Å²) >= 11 is 1.34. The van der Waals surface area contributed by atoms with E-state index in [9.17, 15) is 24.3 Å². The summed E-state index contributed by atoms with van der Waals surface area (Å²) in [4.78, 5) is 51.8. The van der Waals surface area contributed by atoms with Gasteiger partial charge in [-0.3, -0.25) is 19.5 Å². The van der Waals surface area contributed by atoms with Crippen molar-refractivity contribution in [3.8, 4) is 0 Å². The molecule has 0 bridgehead atoms. The van der Waals surface area contributed by atoms with Gasteiger partial charge in [-0.05, 0) is 60.6 Å². The quantitative estimate of drug-likeness (QED) is 0.125. The van der Waals surface area contributed by atoms with Gasteiger partial charge in [-0.2, -0.15) is 4.98 Å². The van der Waals surface area contributed by atoms with Crippen molar-refractivity contribution < 1.29 is 38.1 Å². The number of rotatable bonds is 13. The van der Waals surface area contributed by atoms with Gasteiger partial charge in [-0.1, -0.05) is 31.0 Å². The van der Waals surface area contributed by atoms with Crippen LogP contribution in [0.1, 0.15) is 51.7 Å². The number of carbonyl (C=O) groups is 3. The van der Waals surface area contributed by atoms with Crippen molar-refractivity contribution in [3.05, 3.63) is 53.1 Å². The Morgan fingerprint density at radius 1 is 1.10 bits per heavy atom. The predicted octanol–water partition coefficient (Wildman–Crippen LogP) is 3.69. The molecule has 1 aliphatic heterocycles. The van der Waals surface area contributed by atoms with Crippen LogP contribution < -0.4 is 16.3 Å². The molecule has 0 saturated carbocycles. The molecule has 0 spiro atoms. The highest BCUT2D eigenvalue weighted by molar-refractivity contribution is 14.1. The molecular formula is C26H32FIN4O8. The Balaban J connectivity index is 1.39. The third-order valence-corrected chi connectivity index (χ3v) is 7.14. The number of nitrogens with zero attached hydrogens (tertiary/aromatic N) is 2. The molecular weight excluding hydrogens is 642 g/mol.